The average Bonchev–Trinajstić information content (AvgIpc) is 2.92. The summed E-state index contributed by atoms with van der Waals surface area (Å²) in [5, 5.41) is 3.79. The van der Waals surface area contributed by atoms with Gasteiger partial charge in [0.05, 0.1) is 5.00 Å². The van der Waals surface area contributed by atoms with Crippen molar-refractivity contribution in [2.75, 3.05) is 5.32 Å². The minimum absolute atomic E-state index is 0.108. The summed E-state index contributed by atoms with van der Waals surface area (Å²) < 4.78 is 0. The predicted octanol–water partition coefficient (Wildman–Crippen LogP) is 5.68. The van der Waals surface area contributed by atoms with E-state index >= 15 is 0 Å². The molecule has 1 amide bonds. The fourth-order valence-corrected chi connectivity index (χ4v) is 3.32. The summed E-state index contributed by atoms with van der Waals surface area (Å²) in [5.74, 6) is -0.108. The molecule has 1 N–H and O–H groups in total. The zero-order chi connectivity index (χ0) is 16.9. The minimum atomic E-state index is -0.108. The maximum absolute atomic E-state index is 12.0. The lowest BCUT2D eigenvalue weighted by Gasteiger charge is -2.02. The number of thiophene rings is 1. The van der Waals surface area contributed by atoms with Crippen molar-refractivity contribution in [3.05, 3.63) is 82.7 Å². The van der Waals surface area contributed by atoms with Gasteiger partial charge in [-0.3, -0.25) is 4.79 Å². The third-order valence-corrected chi connectivity index (χ3v) is 4.93. The summed E-state index contributed by atoms with van der Waals surface area (Å²) in [5.41, 5.74) is 4.56. The van der Waals surface area contributed by atoms with Crippen molar-refractivity contribution in [1.82, 2.24) is 0 Å². The highest BCUT2D eigenvalue weighted by Crippen LogP contribution is 2.25. The Bertz CT molecular complexity index is 841. The zero-order valence-electron chi connectivity index (χ0n) is 13.7. The van der Waals surface area contributed by atoms with Crippen LogP contribution in [0.5, 0.6) is 0 Å². The van der Waals surface area contributed by atoms with Gasteiger partial charge in [0.1, 0.15) is 0 Å². The topological polar surface area (TPSA) is 29.1 Å². The molecule has 3 aromatic rings. The summed E-state index contributed by atoms with van der Waals surface area (Å²) in [7, 11) is 0. The number of benzene rings is 2. The monoisotopic (exact) mass is 333 g/mol. The van der Waals surface area contributed by atoms with E-state index in [1.54, 1.807) is 17.4 Å². The van der Waals surface area contributed by atoms with E-state index < -0.39 is 0 Å². The summed E-state index contributed by atoms with van der Waals surface area (Å²) in [6.45, 7) is 4.10. The first kappa shape index (κ1) is 16.2. The molecule has 0 saturated carbocycles. The van der Waals surface area contributed by atoms with Crippen molar-refractivity contribution in [3.63, 3.8) is 0 Å². The third-order valence-electron chi connectivity index (χ3n) is 3.86. The molecule has 1 aromatic heterocycles. The van der Waals surface area contributed by atoms with Gasteiger partial charge >= 0.3 is 0 Å². The van der Waals surface area contributed by atoms with Crippen LogP contribution >= 0.6 is 11.3 Å². The molecule has 0 aliphatic heterocycles. The molecule has 0 atom stereocenters. The second-order valence-electron chi connectivity index (χ2n) is 5.66. The Morgan fingerprint density at radius 3 is 2.25 bits per heavy atom. The molecule has 3 heteroatoms. The van der Waals surface area contributed by atoms with Crippen molar-refractivity contribution in [1.29, 1.82) is 0 Å². The molecule has 0 aliphatic carbocycles. The predicted molar refractivity (Wildman–Crippen MR) is 103 cm³/mol. The first-order chi connectivity index (χ1) is 11.6. The Hall–Kier alpha value is -2.65. The fourth-order valence-electron chi connectivity index (χ4n) is 2.39. The van der Waals surface area contributed by atoms with Gasteiger partial charge in [-0.1, -0.05) is 54.6 Å². The summed E-state index contributed by atoms with van der Waals surface area (Å²) >= 11 is 1.60. The van der Waals surface area contributed by atoms with E-state index in [-0.39, 0.29) is 5.91 Å². The van der Waals surface area contributed by atoms with E-state index in [4.69, 9.17) is 0 Å². The van der Waals surface area contributed by atoms with E-state index in [0.717, 1.165) is 10.6 Å². The SMILES string of the molecule is Cc1cc(NC(=O)/C=C/c2ccc(-c3ccccc3)cc2)sc1C. The van der Waals surface area contributed by atoms with Gasteiger partial charge in [0, 0.05) is 11.0 Å². The number of nitrogens with one attached hydrogen (secondary N) is 1. The normalized spacial score (nSPS) is 10.9. The molecule has 0 fully saturated rings. The van der Waals surface area contributed by atoms with Gasteiger partial charge in [-0.25, -0.2) is 0 Å². The number of rotatable bonds is 4. The highest BCUT2D eigenvalue weighted by molar-refractivity contribution is 7.16. The van der Waals surface area contributed by atoms with Gasteiger partial charge in [-0.2, -0.15) is 0 Å². The van der Waals surface area contributed by atoms with Crippen LogP contribution in [-0.2, 0) is 4.79 Å². The van der Waals surface area contributed by atoms with Crippen LogP contribution in [0.4, 0.5) is 5.00 Å². The van der Waals surface area contributed by atoms with Crippen LogP contribution in [0.15, 0.2) is 66.7 Å². The van der Waals surface area contributed by atoms with Gasteiger partial charge in [-0.05, 0) is 48.2 Å². The lowest BCUT2D eigenvalue weighted by atomic mass is 10.0. The molecule has 2 aromatic carbocycles. The molecule has 0 bridgehead atoms. The Morgan fingerprint density at radius 1 is 0.958 bits per heavy atom. The van der Waals surface area contributed by atoms with Gasteiger partial charge in [0.25, 0.3) is 0 Å². The molecule has 24 heavy (non-hydrogen) atoms. The lowest BCUT2D eigenvalue weighted by molar-refractivity contribution is -0.111. The molecule has 0 saturated heterocycles. The van der Waals surface area contributed by atoms with E-state index in [1.165, 1.54) is 21.6 Å². The van der Waals surface area contributed by atoms with Crippen LogP contribution in [0.2, 0.25) is 0 Å². The Morgan fingerprint density at radius 2 is 1.62 bits per heavy atom. The van der Waals surface area contributed by atoms with Crippen molar-refractivity contribution in [3.8, 4) is 11.1 Å². The van der Waals surface area contributed by atoms with E-state index in [9.17, 15) is 4.79 Å². The van der Waals surface area contributed by atoms with E-state index in [2.05, 4.69) is 36.5 Å². The maximum atomic E-state index is 12.0. The van der Waals surface area contributed by atoms with E-state index in [0.29, 0.717) is 0 Å². The molecular formula is C21H19NOS. The van der Waals surface area contributed by atoms with Crippen LogP contribution < -0.4 is 5.32 Å². The van der Waals surface area contributed by atoms with E-state index in [1.807, 2.05) is 49.4 Å². The number of hydrogen-bond donors (Lipinski definition) is 1. The first-order valence-electron chi connectivity index (χ1n) is 7.83. The molecule has 0 unspecified atom stereocenters. The maximum Gasteiger partial charge on any atom is 0.248 e. The average molecular weight is 333 g/mol. The molecule has 0 spiro atoms. The van der Waals surface area contributed by atoms with Gasteiger partial charge < -0.3 is 5.32 Å². The van der Waals surface area contributed by atoms with Crippen LogP contribution in [0, 0.1) is 13.8 Å². The van der Waals surface area contributed by atoms with Gasteiger partial charge in [0.15, 0.2) is 0 Å². The highest BCUT2D eigenvalue weighted by Gasteiger charge is 2.03. The van der Waals surface area contributed by atoms with Gasteiger partial charge in [-0.15, -0.1) is 11.3 Å². The molecule has 0 radical (unpaired) electrons. The second-order valence-corrected chi connectivity index (χ2v) is 6.92. The largest absolute Gasteiger partial charge is 0.314 e. The third kappa shape index (κ3) is 4.00. The molecule has 1 heterocycles. The summed E-state index contributed by atoms with van der Waals surface area (Å²) in [4.78, 5) is 13.2. The highest BCUT2D eigenvalue weighted by atomic mass is 32.1. The van der Waals surface area contributed by atoms with Crippen molar-refractivity contribution in [2.45, 2.75) is 13.8 Å². The van der Waals surface area contributed by atoms with Crippen LogP contribution in [-0.4, -0.2) is 5.91 Å². The zero-order valence-corrected chi connectivity index (χ0v) is 14.6. The number of carbonyl (C=O) groups excluding carboxylic acids is 1. The van der Waals surface area contributed by atoms with Crippen molar-refractivity contribution >= 4 is 28.3 Å². The van der Waals surface area contributed by atoms with Crippen LogP contribution in [0.25, 0.3) is 17.2 Å². The Kier molecular flexibility index (Phi) is 4.92. The van der Waals surface area contributed by atoms with Gasteiger partial charge in [0.2, 0.25) is 5.91 Å². The number of carbonyl (C=O) groups is 1. The molecular weight excluding hydrogens is 314 g/mol. The summed E-state index contributed by atoms with van der Waals surface area (Å²) in [6.07, 6.45) is 3.40. The molecule has 0 aliphatic rings. The number of amides is 1. The van der Waals surface area contributed by atoms with Crippen LogP contribution in [0.3, 0.4) is 0 Å². The minimum Gasteiger partial charge on any atom is -0.314 e. The smallest absolute Gasteiger partial charge is 0.248 e. The van der Waals surface area contributed by atoms with Crippen molar-refractivity contribution < 1.29 is 4.79 Å². The standard InChI is InChI=1S/C21H19NOS/c1-15-14-21(24-16(15)2)22-20(23)13-10-17-8-11-19(12-9-17)18-6-4-3-5-7-18/h3-14H,1-2H3,(H,22,23)/b13-10+. The molecule has 2 nitrogen and oxygen atoms in total. The Balaban J connectivity index is 1.65. The molecule has 3 rings (SSSR count). The lowest BCUT2D eigenvalue weighted by Crippen LogP contribution is -2.05. The fraction of sp³-hybridized carbons (Fsp3) is 0.0952. The quantitative estimate of drug-likeness (QED) is 0.611. The van der Waals surface area contributed by atoms with Crippen LogP contribution in [0.1, 0.15) is 16.0 Å². The van der Waals surface area contributed by atoms with Crippen molar-refractivity contribution in [2.24, 2.45) is 0 Å². The Labute approximate surface area is 146 Å². The first-order valence-corrected chi connectivity index (χ1v) is 8.65. The second kappa shape index (κ2) is 7.28. The summed E-state index contributed by atoms with van der Waals surface area (Å²) in [6, 6.07) is 20.4. The number of anilines is 1. The molecule has 120 valence electrons. The number of aryl methyl sites for hydroxylation is 2. The number of hydrogen-bond acceptors (Lipinski definition) is 2.